The zero-order valence-electron chi connectivity index (χ0n) is 8.36. The lowest BCUT2D eigenvalue weighted by molar-refractivity contribution is 0.469. The second kappa shape index (κ2) is 3.79. The zero-order chi connectivity index (χ0) is 12.6. The van der Waals surface area contributed by atoms with Crippen LogP contribution in [0.2, 0.25) is 0 Å². The highest BCUT2D eigenvalue weighted by Crippen LogP contribution is 2.38. The Hall–Kier alpha value is -1.99. The average molecular weight is 253 g/mol. The lowest BCUT2D eigenvalue weighted by atomic mass is 10.1. The summed E-state index contributed by atoms with van der Waals surface area (Å²) in [6, 6.07) is 6.74. The third-order valence-corrected chi connectivity index (χ3v) is 3.22. The van der Waals surface area contributed by atoms with E-state index in [1.807, 2.05) is 0 Å². The molecule has 7 heteroatoms. The summed E-state index contributed by atoms with van der Waals surface area (Å²) in [7, 11) is -4.48. The molecule has 2 aromatic carbocycles. The molecule has 2 aromatic rings. The third kappa shape index (κ3) is 1.85. The molecule has 0 aliphatic heterocycles. The number of hydrogen-bond donors (Lipinski definition) is 2. The molecule has 0 saturated carbocycles. The molecule has 0 aromatic heterocycles. The van der Waals surface area contributed by atoms with Gasteiger partial charge in [0.05, 0.1) is 0 Å². The Morgan fingerprint density at radius 3 is 2.24 bits per heavy atom. The molecular formula is C10H7NO5S. The molecule has 0 atom stereocenters. The van der Waals surface area contributed by atoms with E-state index < -0.39 is 20.8 Å². The molecule has 0 fully saturated rings. The molecule has 0 heterocycles. The molecule has 6 nitrogen and oxygen atoms in total. The monoisotopic (exact) mass is 253 g/mol. The van der Waals surface area contributed by atoms with Gasteiger partial charge in [-0.25, -0.2) is 0 Å². The molecule has 0 radical (unpaired) electrons. The predicted molar refractivity (Wildman–Crippen MR) is 60.9 cm³/mol. The van der Waals surface area contributed by atoms with Crippen LogP contribution < -0.4 is 0 Å². The number of hydrogen-bond acceptors (Lipinski definition) is 5. The van der Waals surface area contributed by atoms with Gasteiger partial charge in [0, 0.05) is 16.8 Å². The van der Waals surface area contributed by atoms with Gasteiger partial charge in [-0.1, -0.05) is 24.3 Å². The van der Waals surface area contributed by atoms with Crippen LogP contribution in [0.25, 0.3) is 10.8 Å². The maximum atomic E-state index is 11.1. The van der Waals surface area contributed by atoms with Crippen LogP contribution in [0.15, 0.2) is 40.4 Å². The minimum absolute atomic E-state index is 0.127. The number of benzene rings is 2. The number of fused-ring (bicyclic) bond motifs is 1. The molecule has 0 unspecified atom stereocenters. The molecule has 2 N–H and O–H groups in total. The predicted octanol–water partition coefficient (Wildman–Crippen LogP) is 2.19. The van der Waals surface area contributed by atoms with Crippen LogP contribution in [-0.2, 0) is 10.1 Å². The van der Waals surface area contributed by atoms with Gasteiger partial charge in [-0.3, -0.25) is 4.55 Å². The van der Waals surface area contributed by atoms with Crippen molar-refractivity contribution in [2.45, 2.75) is 4.90 Å². The van der Waals surface area contributed by atoms with Crippen LogP contribution in [0.5, 0.6) is 5.75 Å². The van der Waals surface area contributed by atoms with E-state index in [-0.39, 0.29) is 16.5 Å². The van der Waals surface area contributed by atoms with Gasteiger partial charge in [0.15, 0.2) is 5.69 Å². The third-order valence-electron chi connectivity index (χ3n) is 2.33. The Kier molecular flexibility index (Phi) is 2.56. The van der Waals surface area contributed by atoms with Gasteiger partial charge < -0.3 is 5.11 Å². The van der Waals surface area contributed by atoms with E-state index in [4.69, 9.17) is 4.55 Å². The highest BCUT2D eigenvalue weighted by Gasteiger charge is 2.19. The first-order valence-corrected chi connectivity index (χ1v) is 5.94. The summed E-state index contributed by atoms with van der Waals surface area (Å²) in [4.78, 5) is 10.1. The molecule has 0 aliphatic rings. The Morgan fingerprint density at radius 2 is 1.71 bits per heavy atom. The Balaban J connectivity index is 3.04. The summed E-state index contributed by atoms with van der Waals surface area (Å²) in [6.07, 6.45) is 0. The molecule has 0 aliphatic carbocycles. The van der Waals surface area contributed by atoms with Crippen molar-refractivity contribution in [2.75, 3.05) is 0 Å². The van der Waals surface area contributed by atoms with Crippen LogP contribution in [0.4, 0.5) is 5.69 Å². The van der Waals surface area contributed by atoms with Crippen LogP contribution in [0, 0.1) is 4.91 Å². The fourth-order valence-electron chi connectivity index (χ4n) is 1.62. The van der Waals surface area contributed by atoms with E-state index in [1.165, 1.54) is 12.1 Å². The van der Waals surface area contributed by atoms with Gasteiger partial charge in [0.2, 0.25) is 0 Å². The van der Waals surface area contributed by atoms with Crippen LogP contribution in [0.3, 0.4) is 0 Å². The molecule has 0 bridgehead atoms. The van der Waals surface area contributed by atoms with Gasteiger partial charge in [-0.15, -0.1) is 4.91 Å². The first kappa shape index (κ1) is 11.5. The fourth-order valence-corrected chi connectivity index (χ4v) is 2.34. The summed E-state index contributed by atoms with van der Waals surface area (Å²) < 4.78 is 31.3. The number of nitroso groups, excluding NO2 is 1. The van der Waals surface area contributed by atoms with E-state index in [1.54, 1.807) is 12.1 Å². The minimum Gasteiger partial charge on any atom is -0.505 e. The van der Waals surface area contributed by atoms with E-state index in [0.717, 1.165) is 6.07 Å². The Labute approximate surface area is 96.2 Å². The second-order valence-electron chi connectivity index (χ2n) is 3.35. The van der Waals surface area contributed by atoms with Crippen LogP contribution in [-0.4, -0.2) is 18.1 Å². The highest BCUT2D eigenvalue weighted by atomic mass is 32.2. The molecule has 88 valence electrons. The quantitative estimate of drug-likeness (QED) is 0.630. The first-order chi connectivity index (χ1) is 7.95. The van der Waals surface area contributed by atoms with Crippen molar-refractivity contribution in [1.29, 1.82) is 0 Å². The van der Waals surface area contributed by atoms with Crippen molar-refractivity contribution in [1.82, 2.24) is 0 Å². The number of phenolic OH excluding ortho intramolecular Hbond substituents is 1. The number of phenols is 1. The van der Waals surface area contributed by atoms with Crippen molar-refractivity contribution < 1.29 is 18.1 Å². The standard InChI is InChI=1S/C10H7NO5S/c12-8-5-9(17(14,15)16)6-3-1-2-4-7(6)10(8)11-13/h1-5,12H,(H,14,15,16). The Bertz CT molecular complexity index is 708. The summed E-state index contributed by atoms with van der Waals surface area (Å²) in [6.45, 7) is 0. The molecule has 0 spiro atoms. The van der Waals surface area contributed by atoms with Gasteiger partial charge in [0.1, 0.15) is 10.6 Å². The van der Waals surface area contributed by atoms with Crippen LogP contribution >= 0.6 is 0 Å². The zero-order valence-corrected chi connectivity index (χ0v) is 9.18. The number of nitrogens with zero attached hydrogens (tertiary/aromatic N) is 1. The van der Waals surface area contributed by atoms with Gasteiger partial charge >= 0.3 is 0 Å². The van der Waals surface area contributed by atoms with Crippen molar-refractivity contribution in [3.8, 4) is 5.75 Å². The highest BCUT2D eigenvalue weighted by molar-refractivity contribution is 7.86. The molecule has 0 saturated heterocycles. The summed E-state index contributed by atoms with van der Waals surface area (Å²) in [5, 5.41) is 12.4. The van der Waals surface area contributed by atoms with Crippen molar-refractivity contribution in [2.24, 2.45) is 5.18 Å². The van der Waals surface area contributed by atoms with E-state index in [0.29, 0.717) is 0 Å². The van der Waals surface area contributed by atoms with Gasteiger partial charge in [-0.2, -0.15) is 8.42 Å². The lowest BCUT2D eigenvalue weighted by Crippen LogP contribution is -1.99. The van der Waals surface area contributed by atoms with Crippen LogP contribution in [0.1, 0.15) is 0 Å². The summed E-state index contributed by atoms with van der Waals surface area (Å²) in [5.41, 5.74) is -0.256. The first-order valence-electron chi connectivity index (χ1n) is 4.50. The topological polar surface area (TPSA) is 104 Å². The minimum atomic E-state index is -4.48. The van der Waals surface area contributed by atoms with E-state index >= 15 is 0 Å². The summed E-state index contributed by atoms with van der Waals surface area (Å²) >= 11 is 0. The smallest absolute Gasteiger partial charge is 0.295 e. The van der Waals surface area contributed by atoms with Gasteiger partial charge in [0.25, 0.3) is 10.1 Å². The average Bonchev–Trinajstić information content (AvgIpc) is 2.27. The maximum Gasteiger partial charge on any atom is 0.295 e. The molecule has 0 amide bonds. The second-order valence-corrected chi connectivity index (χ2v) is 4.74. The van der Waals surface area contributed by atoms with E-state index in [9.17, 15) is 18.4 Å². The largest absolute Gasteiger partial charge is 0.505 e. The lowest BCUT2D eigenvalue weighted by Gasteiger charge is -2.06. The molecule has 17 heavy (non-hydrogen) atoms. The SMILES string of the molecule is O=Nc1c(O)cc(S(=O)(=O)O)c2ccccc12. The number of rotatable bonds is 2. The maximum absolute atomic E-state index is 11.1. The van der Waals surface area contributed by atoms with Crippen molar-refractivity contribution in [3.05, 3.63) is 35.2 Å². The van der Waals surface area contributed by atoms with E-state index in [2.05, 4.69) is 5.18 Å². The molecular weight excluding hydrogens is 246 g/mol. The van der Waals surface area contributed by atoms with Crippen molar-refractivity contribution >= 4 is 26.6 Å². The number of aromatic hydroxyl groups is 1. The fraction of sp³-hybridized carbons (Fsp3) is 0. The Morgan fingerprint density at radius 1 is 1.12 bits per heavy atom. The van der Waals surface area contributed by atoms with Gasteiger partial charge in [-0.05, 0) is 5.18 Å². The normalized spacial score (nSPS) is 11.6. The molecule has 2 rings (SSSR count). The van der Waals surface area contributed by atoms with Crippen molar-refractivity contribution in [3.63, 3.8) is 0 Å². The summed E-state index contributed by atoms with van der Waals surface area (Å²) in [5.74, 6) is -0.591.